The molecule has 0 radical (unpaired) electrons. The number of hydrogen-bond acceptors (Lipinski definition) is 4. The standard InChI is InChI=1S/C16H27N3O4/c1-13(20)17-10-14-4-5-16(23-14)11-19(8-9-22-12-16)15(21)18-6-2-3-7-18/h14H,2-12H2,1H3,(H,17,20). The second-order valence-corrected chi connectivity index (χ2v) is 6.85. The molecular weight excluding hydrogens is 298 g/mol. The molecule has 3 fully saturated rings. The monoisotopic (exact) mass is 325 g/mol. The summed E-state index contributed by atoms with van der Waals surface area (Å²) in [6.45, 7) is 6.03. The molecule has 0 aliphatic carbocycles. The van der Waals surface area contributed by atoms with Gasteiger partial charge >= 0.3 is 6.03 Å². The minimum absolute atomic E-state index is 0.00402. The topological polar surface area (TPSA) is 71.1 Å². The highest BCUT2D eigenvalue weighted by Gasteiger charge is 2.44. The van der Waals surface area contributed by atoms with E-state index in [9.17, 15) is 9.59 Å². The number of likely N-dealkylation sites (tertiary alicyclic amines) is 1. The Morgan fingerprint density at radius 2 is 2.00 bits per heavy atom. The molecule has 1 spiro atoms. The first-order valence-electron chi connectivity index (χ1n) is 8.62. The number of nitrogens with zero attached hydrogens (tertiary/aromatic N) is 2. The third-order valence-corrected chi connectivity index (χ3v) is 4.91. The van der Waals surface area contributed by atoms with Crippen molar-refractivity contribution >= 4 is 11.9 Å². The van der Waals surface area contributed by atoms with E-state index in [4.69, 9.17) is 9.47 Å². The highest BCUT2D eigenvalue weighted by Crippen LogP contribution is 2.33. The fourth-order valence-electron chi connectivity index (χ4n) is 3.70. The molecule has 130 valence electrons. The zero-order valence-electron chi connectivity index (χ0n) is 13.9. The first kappa shape index (κ1) is 16.5. The van der Waals surface area contributed by atoms with Crippen LogP contribution in [-0.2, 0) is 14.3 Å². The Balaban J connectivity index is 1.60. The van der Waals surface area contributed by atoms with Gasteiger partial charge in [0.2, 0.25) is 5.91 Å². The molecule has 7 nitrogen and oxygen atoms in total. The molecule has 3 aliphatic rings. The fourth-order valence-corrected chi connectivity index (χ4v) is 3.70. The molecule has 0 aromatic rings. The predicted octanol–water partition coefficient (Wildman–Crippen LogP) is 0.588. The number of rotatable bonds is 2. The molecule has 3 heterocycles. The maximum Gasteiger partial charge on any atom is 0.320 e. The van der Waals surface area contributed by atoms with Gasteiger partial charge in [-0.1, -0.05) is 0 Å². The molecule has 0 bridgehead atoms. The number of hydrogen-bond donors (Lipinski definition) is 1. The van der Waals surface area contributed by atoms with Crippen LogP contribution in [0.2, 0.25) is 0 Å². The average molecular weight is 325 g/mol. The van der Waals surface area contributed by atoms with Crippen LogP contribution in [0, 0.1) is 0 Å². The van der Waals surface area contributed by atoms with Gasteiger partial charge in [-0.25, -0.2) is 4.79 Å². The summed E-state index contributed by atoms with van der Waals surface area (Å²) in [5.41, 5.74) is -0.422. The molecule has 3 rings (SSSR count). The van der Waals surface area contributed by atoms with E-state index < -0.39 is 5.60 Å². The number of urea groups is 1. The minimum atomic E-state index is -0.422. The molecular formula is C16H27N3O4. The van der Waals surface area contributed by atoms with Crippen LogP contribution in [0.5, 0.6) is 0 Å². The van der Waals surface area contributed by atoms with Crippen molar-refractivity contribution < 1.29 is 19.1 Å². The van der Waals surface area contributed by atoms with Crippen LogP contribution in [0.25, 0.3) is 0 Å². The van der Waals surface area contributed by atoms with Crippen LogP contribution >= 0.6 is 0 Å². The van der Waals surface area contributed by atoms with Crippen molar-refractivity contribution in [2.75, 3.05) is 45.9 Å². The minimum Gasteiger partial charge on any atom is -0.377 e. The van der Waals surface area contributed by atoms with Crippen molar-refractivity contribution in [2.24, 2.45) is 0 Å². The number of carbonyl (C=O) groups excluding carboxylic acids is 2. The number of amides is 3. The number of nitrogens with one attached hydrogen (secondary N) is 1. The highest BCUT2D eigenvalue weighted by molar-refractivity contribution is 5.75. The molecule has 2 atom stereocenters. The summed E-state index contributed by atoms with van der Waals surface area (Å²) in [5, 5.41) is 2.81. The Labute approximate surface area is 137 Å². The molecule has 3 aliphatic heterocycles. The highest BCUT2D eigenvalue weighted by atomic mass is 16.6. The van der Waals surface area contributed by atoms with Crippen molar-refractivity contribution in [1.29, 1.82) is 0 Å². The van der Waals surface area contributed by atoms with E-state index in [0.29, 0.717) is 32.8 Å². The van der Waals surface area contributed by atoms with Gasteiger partial charge in [-0.05, 0) is 25.7 Å². The van der Waals surface area contributed by atoms with E-state index in [1.807, 2.05) is 9.80 Å². The van der Waals surface area contributed by atoms with Gasteiger partial charge in [0, 0.05) is 33.1 Å². The summed E-state index contributed by atoms with van der Waals surface area (Å²) in [4.78, 5) is 27.6. The van der Waals surface area contributed by atoms with Gasteiger partial charge in [-0.3, -0.25) is 4.79 Å². The Hall–Kier alpha value is -1.34. The van der Waals surface area contributed by atoms with Gasteiger partial charge in [0.1, 0.15) is 5.60 Å². The normalized spacial score (nSPS) is 31.4. The average Bonchev–Trinajstić information content (AvgIpc) is 3.13. The molecule has 0 saturated carbocycles. The van der Waals surface area contributed by atoms with Crippen molar-refractivity contribution in [3.63, 3.8) is 0 Å². The molecule has 0 aromatic heterocycles. The van der Waals surface area contributed by atoms with Crippen molar-refractivity contribution in [1.82, 2.24) is 15.1 Å². The second-order valence-electron chi connectivity index (χ2n) is 6.85. The summed E-state index contributed by atoms with van der Waals surface area (Å²) in [7, 11) is 0. The summed E-state index contributed by atoms with van der Waals surface area (Å²) in [6, 6.07) is 0.112. The van der Waals surface area contributed by atoms with Crippen molar-refractivity contribution in [3.8, 4) is 0 Å². The lowest BCUT2D eigenvalue weighted by Crippen LogP contribution is -2.50. The number of ether oxygens (including phenoxy) is 2. The zero-order chi connectivity index (χ0) is 16.3. The van der Waals surface area contributed by atoms with E-state index in [1.54, 1.807) is 0 Å². The summed E-state index contributed by atoms with van der Waals surface area (Å²) >= 11 is 0. The van der Waals surface area contributed by atoms with Crippen LogP contribution in [0.4, 0.5) is 4.79 Å². The molecule has 0 aromatic carbocycles. The SMILES string of the molecule is CC(=O)NCC1CCC2(COCCN(C(=O)N3CCCC3)C2)O1. The van der Waals surface area contributed by atoms with Crippen LogP contribution in [0.3, 0.4) is 0 Å². The summed E-state index contributed by atoms with van der Waals surface area (Å²) in [5.74, 6) is -0.0440. The Morgan fingerprint density at radius 3 is 2.74 bits per heavy atom. The molecule has 3 saturated heterocycles. The largest absolute Gasteiger partial charge is 0.377 e. The molecule has 1 N–H and O–H groups in total. The predicted molar refractivity (Wildman–Crippen MR) is 84.1 cm³/mol. The van der Waals surface area contributed by atoms with E-state index in [2.05, 4.69) is 5.32 Å². The van der Waals surface area contributed by atoms with Gasteiger partial charge in [0.25, 0.3) is 0 Å². The van der Waals surface area contributed by atoms with Crippen LogP contribution in [0.15, 0.2) is 0 Å². The maximum absolute atomic E-state index is 12.7. The smallest absolute Gasteiger partial charge is 0.320 e. The van der Waals surface area contributed by atoms with Gasteiger partial charge in [0.05, 0.1) is 25.9 Å². The lowest BCUT2D eigenvalue weighted by atomic mass is 10.00. The maximum atomic E-state index is 12.7. The quantitative estimate of drug-likeness (QED) is 0.806. The van der Waals surface area contributed by atoms with Crippen LogP contribution < -0.4 is 5.32 Å². The lowest BCUT2D eigenvalue weighted by molar-refractivity contribution is -0.120. The first-order valence-corrected chi connectivity index (χ1v) is 8.62. The molecule has 2 unspecified atom stereocenters. The second kappa shape index (κ2) is 7.05. The Kier molecular flexibility index (Phi) is 5.06. The molecule has 3 amide bonds. The third-order valence-electron chi connectivity index (χ3n) is 4.91. The zero-order valence-corrected chi connectivity index (χ0v) is 13.9. The van der Waals surface area contributed by atoms with Crippen LogP contribution in [0.1, 0.15) is 32.6 Å². The number of carbonyl (C=O) groups is 2. The van der Waals surface area contributed by atoms with Crippen LogP contribution in [-0.4, -0.2) is 79.4 Å². The van der Waals surface area contributed by atoms with E-state index in [-0.39, 0.29) is 18.0 Å². The summed E-state index contributed by atoms with van der Waals surface area (Å²) in [6.07, 6.45) is 3.94. The van der Waals surface area contributed by atoms with E-state index in [1.165, 1.54) is 6.92 Å². The lowest BCUT2D eigenvalue weighted by Gasteiger charge is -2.33. The van der Waals surface area contributed by atoms with Gasteiger partial charge in [-0.2, -0.15) is 0 Å². The molecule has 23 heavy (non-hydrogen) atoms. The first-order chi connectivity index (χ1) is 11.1. The summed E-state index contributed by atoms with van der Waals surface area (Å²) < 4.78 is 11.9. The van der Waals surface area contributed by atoms with Gasteiger partial charge < -0.3 is 24.6 Å². The molecule has 7 heteroatoms. The third kappa shape index (κ3) is 3.95. The fraction of sp³-hybridized carbons (Fsp3) is 0.875. The van der Waals surface area contributed by atoms with Gasteiger partial charge in [-0.15, -0.1) is 0 Å². The van der Waals surface area contributed by atoms with E-state index >= 15 is 0 Å². The Bertz CT molecular complexity index is 453. The van der Waals surface area contributed by atoms with Gasteiger partial charge in [0.15, 0.2) is 0 Å². The van der Waals surface area contributed by atoms with Crippen molar-refractivity contribution in [2.45, 2.75) is 44.3 Å². The van der Waals surface area contributed by atoms with Crippen molar-refractivity contribution in [3.05, 3.63) is 0 Å². The van der Waals surface area contributed by atoms with E-state index in [0.717, 1.165) is 38.8 Å². The Morgan fingerprint density at radius 1 is 1.22 bits per heavy atom.